The van der Waals surface area contributed by atoms with Crippen molar-refractivity contribution >= 4 is 29.3 Å². The monoisotopic (exact) mass is 434 g/mol. The molecular weight excluding hydrogens is 416 g/mol. The second kappa shape index (κ2) is 9.61. The van der Waals surface area contributed by atoms with Gasteiger partial charge in [-0.1, -0.05) is 29.8 Å². The topological polar surface area (TPSA) is 59.8 Å². The van der Waals surface area contributed by atoms with Crippen LogP contribution in [0.1, 0.15) is 10.4 Å². The molecule has 150 valence electrons. The molecule has 4 rings (SSSR count). The summed E-state index contributed by atoms with van der Waals surface area (Å²) < 4.78 is 1.72. The van der Waals surface area contributed by atoms with E-state index >= 15 is 0 Å². The van der Waals surface area contributed by atoms with Gasteiger partial charge < -0.3 is 5.32 Å². The van der Waals surface area contributed by atoms with E-state index in [1.54, 1.807) is 35.0 Å². The lowest BCUT2D eigenvalue weighted by Crippen LogP contribution is -2.25. The maximum Gasteiger partial charge on any atom is 0.255 e. The van der Waals surface area contributed by atoms with Crippen LogP contribution in [0.2, 0.25) is 5.02 Å². The molecule has 0 fully saturated rings. The molecule has 0 saturated carbocycles. The molecule has 0 aliphatic heterocycles. The molecule has 5 nitrogen and oxygen atoms in total. The number of pyridine rings is 1. The number of hydrogen-bond donors (Lipinski definition) is 1. The number of thioether (sulfide) groups is 1. The largest absolute Gasteiger partial charge is 0.351 e. The van der Waals surface area contributed by atoms with E-state index in [-0.39, 0.29) is 5.91 Å². The molecule has 4 aromatic rings. The summed E-state index contributed by atoms with van der Waals surface area (Å²) in [7, 11) is 0. The van der Waals surface area contributed by atoms with E-state index in [1.807, 2.05) is 66.7 Å². The van der Waals surface area contributed by atoms with E-state index in [9.17, 15) is 4.79 Å². The second-order valence-corrected chi connectivity index (χ2v) is 8.08. The minimum absolute atomic E-state index is 0.159. The quantitative estimate of drug-likeness (QED) is 0.324. The highest BCUT2D eigenvalue weighted by Gasteiger charge is 2.18. The van der Waals surface area contributed by atoms with Gasteiger partial charge in [0.05, 0.1) is 11.3 Å². The third-order valence-corrected chi connectivity index (χ3v) is 5.65. The summed E-state index contributed by atoms with van der Waals surface area (Å²) in [6, 6.07) is 21.1. The maximum absolute atomic E-state index is 12.9. The lowest BCUT2D eigenvalue weighted by Gasteiger charge is -2.06. The van der Waals surface area contributed by atoms with Crippen molar-refractivity contribution < 1.29 is 4.79 Å². The van der Waals surface area contributed by atoms with Crippen LogP contribution in [0.3, 0.4) is 0 Å². The second-order valence-electron chi connectivity index (χ2n) is 6.47. The number of carbonyl (C=O) groups excluding carboxylic acids is 1. The molecule has 0 aliphatic rings. The lowest BCUT2D eigenvalue weighted by molar-refractivity contribution is 0.0957. The SMILES string of the molecule is O=C(NCCSc1ccc(Cl)cc1)c1cn(-c2ccccc2)nc1-c1cccnc1. The number of halogens is 1. The van der Waals surface area contributed by atoms with Crippen molar-refractivity contribution in [3.05, 3.63) is 95.9 Å². The van der Waals surface area contributed by atoms with Crippen LogP contribution in [0.15, 0.2) is 90.2 Å². The Kier molecular flexibility index (Phi) is 6.47. The highest BCUT2D eigenvalue weighted by molar-refractivity contribution is 7.99. The predicted octanol–water partition coefficient (Wildman–Crippen LogP) is 5.11. The van der Waals surface area contributed by atoms with Gasteiger partial charge in [-0.05, 0) is 48.5 Å². The van der Waals surface area contributed by atoms with Crippen LogP contribution in [0.4, 0.5) is 0 Å². The molecule has 1 N–H and O–H groups in total. The molecule has 1 amide bonds. The summed E-state index contributed by atoms with van der Waals surface area (Å²) in [6.07, 6.45) is 5.18. The Morgan fingerprint density at radius 2 is 1.83 bits per heavy atom. The van der Waals surface area contributed by atoms with Gasteiger partial charge in [0.25, 0.3) is 5.91 Å². The molecule has 0 aliphatic carbocycles. The molecule has 2 aromatic carbocycles. The fourth-order valence-corrected chi connectivity index (χ4v) is 3.82. The minimum Gasteiger partial charge on any atom is -0.351 e. The zero-order chi connectivity index (χ0) is 20.8. The summed E-state index contributed by atoms with van der Waals surface area (Å²) in [4.78, 5) is 18.2. The highest BCUT2D eigenvalue weighted by atomic mass is 35.5. The van der Waals surface area contributed by atoms with E-state index in [2.05, 4.69) is 15.4 Å². The number of benzene rings is 2. The highest BCUT2D eigenvalue weighted by Crippen LogP contribution is 2.23. The summed E-state index contributed by atoms with van der Waals surface area (Å²) in [5.41, 5.74) is 2.81. The summed E-state index contributed by atoms with van der Waals surface area (Å²) in [6.45, 7) is 0.537. The summed E-state index contributed by atoms with van der Waals surface area (Å²) in [5.74, 6) is 0.593. The van der Waals surface area contributed by atoms with Crippen LogP contribution in [0, 0.1) is 0 Å². The number of amides is 1. The van der Waals surface area contributed by atoms with Gasteiger partial charge in [-0.3, -0.25) is 9.78 Å². The molecule has 7 heteroatoms. The molecule has 2 aromatic heterocycles. The molecule has 0 spiro atoms. The smallest absolute Gasteiger partial charge is 0.255 e. The van der Waals surface area contributed by atoms with Crippen LogP contribution in [0.25, 0.3) is 16.9 Å². The van der Waals surface area contributed by atoms with Gasteiger partial charge in [-0.25, -0.2) is 4.68 Å². The van der Waals surface area contributed by atoms with E-state index in [0.29, 0.717) is 22.8 Å². The van der Waals surface area contributed by atoms with Gasteiger partial charge in [0, 0.05) is 46.4 Å². The number of hydrogen-bond acceptors (Lipinski definition) is 4. The Balaban J connectivity index is 1.49. The van der Waals surface area contributed by atoms with Crippen molar-refractivity contribution in [1.82, 2.24) is 20.1 Å². The van der Waals surface area contributed by atoms with Crippen molar-refractivity contribution in [2.45, 2.75) is 4.90 Å². The number of carbonyl (C=O) groups is 1. The summed E-state index contributed by atoms with van der Waals surface area (Å²) >= 11 is 7.58. The van der Waals surface area contributed by atoms with Crippen LogP contribution in [-0.4, -0.2) is 33.0 Å². The van der Waals surface area contributed by atoms with Crippen molar-refractivity contribution in [3.63, 3.8) is 0 Å². The number of rotatable bonds is 7. The van der Waals surface area contributed by atoms with Gasteiger partial charge in [0.15, 0.2) is 0 Å². The summed E-state index contributed by atoms with van der Waals surface area (Å²) in [5, 5.41) is 8.36. The first-order valence-electron chi connectivity index (χ1n) is 9.43. The van der Waals surface area contributed by atoms with Crippen molar-refractivity contribution in [2.75, 3.05) is 12.3 Å². The number of nitrogens with zero attached hydrogens (tertiary/aromatic N) is 3. The van der Waals surface area contributed by atoms with Crippen LogP contribution in [-0.2, 0) is 0 Å². The Morgan fingerprint density at radius 1 is 1.03 bits per heavy atom. The molecule has 0 bridgehead atoms. The number of aromatic nitrogens is 3. The Hall–Kier alpha value is -3.09. The van der Waals surface area contributed by atoms with Crippen molar-refractivity contribution in [2.24, 2.45) is 0 Å². The number of para-hydroxylation sites is 1. The van der Waals surface area contributed by atoms with Gasteiger partial charge in [-0.2, -0.15) is 5.10 Å². The van der Waals surface area contributed by atoms with Gasteiger partial charge in [0.1, 0.15) is 5.69 Å². The third kappa shape index (κ3) is 4.90. The Labute approximate surface area is 184 Å². The predicted molar refractivity (Wildman–Crippen MR) is 121 cm³/mol. The average Bonchev–Trinajstić information content (AvgIpc) is 3.25. The standard InChI is InChI=1S/C23H19ClN4OS/c24-18-8-10-20(11-9-18)30-14-13-26-23(29)21-16-28(19-6-2-1-3-7-19)27-22(21)17-5-4-12-25-15-17/h1-12,15-16H,13-14H2,(H,26,29). The number of nitrogens with one attached hydrogen (secondary N) is 1. The van der Waals surface area contributed by atoms with Crippen LogP contribution in [0.5, 0.6) is 0 Å². The third-order valence-electron chi connectivity index (χ3n) is 4.38. The van der Waals surface area contributed by atoms with E-state index in [0.717, 1.165) is 21.9 Å². The molecule has 2 heterocycles. The fraction of sp³-hybridized carbons (Fsp3) is 0.0870. The van der Waals surface area contributed by atoms with E-state index < -0.39 is 0 Å². The van der Waals surface area contributed by atoms with E-state index in [1.165, 1.54) is 0 Å². The minimum atomic E-state index is -0.159. The zero-order valence-corrected chi connectivity index (χ0v) is 17.6. The molecular formula is C23H19ClN4OS. The Bertz CT molecular complexity index is 1120. The van der Waals surface area contributed by atoms with E-state index in [4.69, 9.17) is 11.6 Å². The first kappa shape index (κ1) is 20.2. The molecule has 0 unspecified atom stereocenters. The maximum atomic E-state index is 12.9. The van der Waals surface area contributed by atoms with Crippen LogP contribution >= 0.6 is 23.4 Å². The van der Waals surface area contributed by atoms with Crippen molar-refractivity contribution in [1.29, 1.82) is 0 Å². The van der Waals surface area contributed by atoms with Gasteiger partial charge >= 0.3 is 0 Å². The van der Waals surface area contributed by atoms with Crippen LogP contribution < -0.4 is 5.32 Å². The fourth-order valence-electron chi connectivity index (χ4n) is 2.93. The zero-order valence-electron chi connectivity index (χ0n) is 16.0. The average molecular weight is 435 g/mol. The van der Waals surface area contributed by atoms with Crippen molar-refractivity contribution in [3.8, 4) is 16.9 Å². The normalized spacial score (nSPS) is 10.7. The Morgan fingerprint density at radius 3 is 2.57 bits per heavy atom. The first-order chi connectivity index (χ1) is 14.7. The molecule has 30 heavy (non-hydrogen) atoms. The molecule has 0 saturated heterocycles. The lowest BCUT2D eigenvalue weighted by atomic mass is 10.1. The first-order valence-corrected chi connectivity index (χ1v) is 10.8. The van der Waals surface area contributed by atoms with Gasteiger partial charge in [0.2, 0.25) is 0 Å². The molecule has 0 radical (unpaired) electrons. The van der Waals surface area contributed by atoms with Gasteiger partial charge in [-0.15, -0.1) is 11.8 Å². The molecule has 0 atom stereocenters.